The Balaban J connectivity index is 1.35. The zero-order valence-electron chi connectivity index (χ0n) is 17.3. The fourth-order valence-electron chi connectivity index (χ4n) is 4.37. The molecule has 0 bridgehead atoms. The van der Waals surface area contributed by atoms with Crippen LogP contribution in [0.2, 0.25) is 0 Å². The van der Waals surface area contributed by atoms with Crippen molar-refractivity contribution in [1.82, 2.24) is 9.88 Å². The zero-order chi connectivity index (χ0) is 21.3. The Morgan fingerprint density at radius 3 is 2.58 bits per heavy atom. The van der Waals surface area contributed by atoms with E-state index in [1.807, 2.05) is 54.7 Å². The number of rotatable bonds is 7. The van der Waals surface area contributed by atoms with Crippen LogP contribution in [0.1, 0.15) is 18.4 Å². The van der Waals surface area contributed by atoms with Crippen LogP contribution in [0.3, 0.4) is 0 Å². The maximum absolute atomic E-state index is 12.8. The maximum Gasteiger partial charge on any atom is 0.321 e. The first-order valence-corrected chi connectivity index (χ1v) is 12.2. The van der Waals surface area contributed by atoms with E-state index in [-0.39, 0.29) is 0 Å². The number of aromatic amines is 1. The lowest BCUT2D eigenvalue weighted by atomic mass is 10.1. The molecule has 0 unspecified atom stereocenters. The van der Waals surface area contributed by atoms with Gasteiger partial charge in [-0.1, -0.05) is 36.4 Å². The molecule has 6 nitrogen and oxygen atoms in total. The van der Waals surface area contributed by atoms with Gasteiger partial charge < -0.3 is 9.88 Å². The van der Waals surface area contributed by atoms with E-state index in [4.69, 9.17) is 0 Å². The SMILES string of the molecule is O=S(=O)(Nc1ccc2[nH]cc(CCN3CCCC3)c2c1)Nc1cccc2ccccc12. The van der Waals surface area contributed by atoms with Crippen molar-refractivity contribution in [2.45, 2.75) is 19.3 Å². The van der Waals surface area contributed by atoms with Gasteiger partial charge in [0.05, 0.1) is 11.4 Å². The van der Waals surface area contributed by atoms with Crippen molar-refractivity contribution in [3.63, 3.8) is 0 Å². The highest BCUT2D eigenvalue weighted by atomic mass is 32.2. The van der Waals surface area contributed by atoms with Gasteiger partial charge >= 0.3 is 10.2 Å². The number of aromatic nitrogens is 1. The number of likely N-dealkylation sites (tertiary alicyclic amines) is 1. The average molecular weight is 435 g/mol. The molecule has 0 amide bonds. The van der Waals surface area contributed by atoms with Crippen LogP contribution in [0.4, 0.5) is 11.4 Å². The van der Waals surface area contributed by atoms with E-state index in [0.717, 1.165) is 34.6 Å². The van der Waals surface area contributed by atoms with Crippen molar-refractivity contribution in [1.29, 1.82) is 0 Å². The maximum atomic E-state index is 12.8. The van der Waals surface area contributed by atoms with Gasteiger partial charge in [-0.25, -0.2) is 0 Å². The minimum absolute atomic E-state index is 0.544. The van der Waals surface area contributed by atoms with Crippen LogP contribution in [0, 0.1) is 0 Å². The summed E-state index contributed by atoms with van der Waals surface area (Å²) in [5.74, 6) is 0. The van der Waals surface area contributed by atoms with Crippen LogP contribution < -0.4 is 9.44 Å². The van der Waals surface area contributed by atoms with Gasteiger partial charge in [-0.2, -0.15) is 8.42 Å². The van der Waals surface area contributed by atoms with E-state index in [2.05, 4.69) is 19.3 Å². The van der Waals surface area contributed by atoms with Gasteiger partial charge in [0, 0.05) is 29.0 Å². The Morgan fingerprint density at radius 1 is 0.903 bits per heavy atom. The van der Waals surface area contributed by atoms with E-state index in [0.29, 0.717) is 11.4 Å². The molecule has 5 rings (SSSR count). The molecule has 1 saturated heterocycles. The highest BCUT2D eigenvalue weighted by Crippen LogP contribution is 2.26. The second kappa shape index (κ2) is 8.24. The second-order valence-corrected chi connectivity index (χ2v) is 9.52. The molecule has 31 heavy (non-hydrogen) atoms. The lowest BCUT2D eigenvalue weighted by molar-refractivity contribution is 0.344. The molecule has 1 aromatic heterocycles. The number of hydrogen-bond donors (Lipinski definition) is 3. The highest BCUT2D eigenvalue weighted by Gasteiger charge is 2.15. The van der Waals surface area contributed by atoms with Gasteiger partial charge in [0.2, 0.25) is 0 Å². The summed E-state index contributed by atoms with van der Waals surface area (Å²) in [6.45, 7) is 3.38. The zero-order valence-corrected chi connectivity index (χ0v) is 18.1. The number of nitrogens with one attached hydrogen (secondary N) is 3. The summed E-state index contributed by atoms with van der Waals surface area (Å²) in [7, 11) is -3.79. The van der Waals surface area contributed by atoms with Crippen molar-refractivity contribution >= 4 is 43.3 Å². The summed E-state index contributed by atoms with van der Waals surface area (Å²) in [6.07, 6.45) is 5.55. The molecule has 2 heterocycles. The van der Waals surface area contributed by atoms with Crippen LogP contribution in [-0.4, -0.2) is 37.9 Å². The predicted octanol–water partition coefficient (Wildman–Crippen LogP) is 4.73. The minimum atomic E-state index is -3.79. The molecule has 0 aliphatic carbocycles. The molecule has 0 atom stereocenters. The van der Waals surface area contributed by atoms with Gasteiger partial charge in [-0.05, 0) is 67.6 Å². The van der Waals surface area contributed by atoms with Crippen LogP contribution in [0.25, 0.3) is 21.7 Å². The molecule has 3 aromatic carbocycles. The molecular formula is C24H26N4O2S. The largest absolute Gasteiger partial charge is 0.361 e. The third-order valence-corrected chi connectivity index (χ3v) is 6.94. The van der Waals surface area contributed by atoms with Crippen LogP contribution in [0.15, 0.2) is 66.9 Å². The highest BCUT2D eigenvalue weighted by molar-refractivity contribution is 7.94. The summed E-state index contributed by atoms with van der Waals surface area (Å²) < 4.78 is 31.0. The first-order valence-electron chi connectivity index (χ1n) is 10.7. The van der Waals surface area contributed by atoms with E-state index >= 15 is 0 Å². The Morgan fingerprint density at radius 2 is 1.71 bits per heavy atom. The Labute approximate surface area is 182 Å². The number of anilines is 2. The molecule has 4 aromatic rings. The van der Waals surface area contributed by atoms with Crippen LogP contribution >= 0.6 is 0 Å². The molecule has 7 heteroatoms. The average Bonchev–Trinajstić information content (AvgIpc) is 3.41. The molecule has 0 radical (unpaired) electrons. The molecule has 160 valence electrons. The summed E-state index contributed by atoms with van der Waals surface area (Å²) in [6, 6.07) is 18.9. The molecule has 0 saturated carbocycles. The Hall–Kier alpha value is -3.03. The molecule has 1 aliphatic rings. The number of hydrogen-bond acceptors (Lipinski definition) is 3. The van der Waals surface area contributed by atoms with Crippen molar-refractivity contribution in [2.75, 3.05) is 29.1 Å². The van der Waals surface area contributed by atoms with E-state index < -0.39 is 10.2 Å². The molecule has 1 aliphatic heterocycles. The third kappa shape index (κ3) is 4.38. The minimum Gasteiger partial charge on any atom is -0.361 e. The van der Waals surface area contributed by atoms with Crippen molar-refractivity contribution in [3.05, 3.63) is 72.4 Å². The Kier molecular flexibility index (Phi) is 5.29. The van der Waals surface area contributed by atoms with E-state index in [1.165, 1.54) is 31.5 Å². The van der Waals surface area contributed by atoms with Crippen molar-refractivity contribution < 1.29 is 8.42 Å². The smallest absolute Gasteiger partial charge is 0.321 e. The summed E-state index contributed by atoms with van der Waals surface area (Å²) >= 11 is 0. The monoisotopic (exact) mass is 434 g/mol. The van der Waals surface area contributed by atoms with Gasteiger partial charge in [-0.15, -0.1) is 0 Å². The van der Waals surface area contributed by atoms with E-state index in [1.54, 1.807) is 12.1 Å². The number of H-pyrrole nitrogens is 1. The number of benzene rings is 3. The van der Waals surface area contributed by atoms with Crippen LogP contribution in [-0.2, 0) is 16.6 Å². The quantitative estimate of drug-likeness (QED) is 0.394. The normalized spacial score (nSPS) is 15.0. The summed E-state index contributed by atoms with van der Waals surface area (Å²) in [5, 5.41) is 2.91. The van der Waals surface area contributed by atoms with E-state index in [9.17, 15) is 8.42 Å². The van der Waals surface area contributed by atoms with Gasteiger partial charge in [0.25, 0.3) is 0 Å². The van der Waals surface area contributed by atoms with Gasteiger partial charge in [-0.3, -0.25) is 9.44 Å². The topological polar surface area (TPSA) is 77.2 Å². The molecule has 3 N–H and O–H groups in total. The van der Waals surface area contributed by atoms with Crippen molar-refractivity contribution in [2.24, 2.45) is 0 Å². The predicted molar refractivity (Wildman–Crippen MR) is 128 cm³/mol. The molecule has 1 fully saturated rings. The van der Waals surface area contributed by atoms with Gasteiger partial charge in [0.15, 0.2) is 0 Å². The standard InChI is InChI=1S/C24H26N4O2S/c29-31(30,27-24-9-5-7-18-6-1-2-8-21(18)24)26-20-10-11-23-22(16-20)19(17-25-23)12-15-28-13-3-4-14-28/h1-2,5-11,16-17,25-27H,3-4,12-15H2. The Bertz CT molecular complexity index is 1320. The van der Waals surface area contributed by atoms with Crippen LogP contribution in [0.5, 0.6) is 0 Å². The third-order valence-electron chi connectivity index (χ3n) is 5.95. The summed E-state index contributed by atoms with van der Waals surface area (Å²) in [5.41, 5.74) is 3.33. The second-order valence-electron chi connectivity index (χ2n) is 8.11. The summed E-state index contributed by atoms with van der Waals surface area (Å²) in [4.78, 5) is 5.79. The lowest BCUT2D eigenvalue weighted by Gasteiger charge is -2.14. The fourth-order valence-corrected chi connectivity index (χ4v) is 5.33. The first kappa shape index (κ1) is 19.9. The van der Waals surface area contributed by atoms with Crippen molar-refractivity contribution in [3.8, 4) is 0 Å². The number of nitrogens with zero attached hydrogens (tertiary/aromatic N) is 1. The number of fused-ring (bicyclic) bond motifs is 2. The molecular weight excluding hydrogens is 408 g/mol. The van der Waals surface area contributed by atoms with Gasteiger partial charge in [0.1, 0.15) is 0 Å². The molecule has 0 spiro atoms. The first-order chi connectivity index (χ1) is 15.1. The fraction of sp³-hybridized carbons (Fsp3) is 0.250. The lowest BCUT2D eigenvalue weighted by Crippen LogP contribution is -2.22.